The Bertz CT molecular complexity index is 786. The second-order valence-corrected chi connectivity index (χ2v) is 6.57. The fraction of sp³-hybridized carbons (Fsp3) is 0.200. The first-order valence-electron chi connectivity index (χ1n) is 7.84. The number of carboxylic acid groups (broad SMARTS) is 1. The minimum Gasteiger partial charge on any atom is -0.478 e. The third-order valence-electron chi connectivity index (χ3n) is 3.52. The fourth-order valence-electron chi connectivity index (χ4n) is 2.12. The molecule has 0 aliphatic carbocycles. The number of carboxylic acids is 1. The highest BCUT2D eigenvalue weighted by Crippen LogP contribution is 2.24. The quantitative estimate of drug-likeness (QED) is 0.632. The first-order chi connectivity index (χ1) is 11.8. The molecule has 0 aliphatic heterocycles. The van der Waals surface area contributed by atoms with Crippen LogP contribution >= 0.6 is 0 Å². The largest absolute Gasteiger partial charge is 0.478 e. The third-order valence-corrected chi connectivity index (χ3v) is 3.52. The average molecular weight is 339 g/mol. The SMILES string of the molecule is CC(C)(C)c1ccc(OC=CC(=O)Nc2cccc(C(=O)O)c2)cc1. The van der Waals surface area contributed by atoms with Gasteiger partial charge in [0.2, 0.25) is 0 Å². The van der Waals surface area contributed by atoms with Crippen LogP contribution in [0.25, 0.3) is 0 Å². The van der Waals surface area contributed by atoms with Crippen LogP contribution in [0, 0.1) is 0 Å². The number of carbonyl (C=O) groups excluding carboxylic acids is 1. The molecule has 0 aromatic heterocycles. The molecule has 25 heavy (non-hydrogen) atoms. The summed E-state index contributed by atoms with van der Waals surface area (Å²) < 4.78 is 5.41. The Morgan fingerprint density at radius 1 is 1.08 bits per heavy atom. The van der Waals surface area contributed by atoms with Crippen LogP contribution in [0.5, 0.6) is 5.75 Å². The van der Waals surface area contributed by atoms with Crippen LogP contribution in [0.2, 0.25) is 0 Å². The number of hydrogen-bond acceptors (Lipinski definition) is 3. The van der Waals surface area contributed by atoms with Crippen LogP contribution in [0.4, 0.5) is 5.69 Å². The van der Waals surface area contributed by atoms with E-state index in [0.717, 1.165) is 0 Å². The number of carbonyl (C=O) groups is 2. The lowest BCUT2D eigenvalue weighted by molar-refractivity contribution is -0.112. The van der Waals surface area contributed by atoms with Crippen LogP contribution in [-0.2, 0) is 10.2 Å². The van der Waals surface area contributed by atoms with E-state index in [1.807, 2.05) is 24.3 Å². The van der Waals surface area contributed by atoms with Gasteiger partial charge in [-0.05, 0) is 41.3 Å². The van der Waals surface area contributed by atoms with E-state index in [-0.39, 0.29) is 11.0 Å². The number of anilines is 1. The number of benzene rings is 2. The summed E-state index contributed by atoms with van der Waals surface area (Å²) in [5, 5.41) is 11.5. The maximum Gasteiger partial charge on any atom is 0.335 e. The zero-order chi connectivity index (χ0) is 18.4. The molecule has 2 aromatic rings. The van der Waals surface area contributed by atoms with E-state index in [1.165, 1.54) is 30.0 Å². The van der Waals surface area contributed by atoms with E-state index in [9.17, 15) is 9.59 Å². The second-order valence-electron chi connectivity index (χ2n) is 6.57. The van der Waals surface area contributed by atoms with Gasteiger partial charge in [0.25, 0.3) is 5.91 Å². The lowest BCUT2D eigenvalue weighted by Gasteiger charge is -2.18. The summed E-state index contributed by atoms with van der Waals surface area (Å²) in [6, 6.07) is 13.7. The summed E-state index contributed by atoms with van der Waals surface area (Å²) in [4.78, 5) is 22.8. The Morgan fingerprint density at radius 2 is 1.76 bits per heavy atom. The minimum atomic E-state index is -1.05. The predicted octanol–water partition coefficient (Wildman–Crippen LogP) is 4.21. The van der Waals surface area contributed by atoms with Gasteiger partial charge in [0.15, 0.2) is 0 Å². The molecule has 0 bridgehead atoms. The molecule has 2 N–H and O–H groups in total. The van der Waals surface area contributed by atoms with E-state index < -0.39 is 11.9 Å². The van der Waals surface area contributed by atoms with E-state index >= 15 is 0 Å². The first kappa shape index (κ1) is 18.3. The van der Waals surface area contributed by atoms with Gasteiger partial charge in [-0.1, -0.05) is 39.0 Å². The molecular weight excluding hydrogens is 318 g/mol. The molecule has 0 unspecified atom stereocenters. The summed E-state index contributed by atoms with van der Waals surface area (Å²) in [5.41, 5.74) is 1.78. The third kappa shape index (κ3) is 5.49. The molecule has 2 aromatic carbocycles. The summed E-state index contributed by atoms with van der Waals surface area (Å²) in [5.74, 6) is -0.826. The summed E-state index contributed by atoms with van der Waals surface area (Å²) in [6.45, 7) is 6.39. The van der Waals surface area contributed by atoms with Crippen molar-refractivity contribution < 1.29 is 19.4 Å². The molecule has 0 saturated carbocycles. The standard InChI is InChI=1S/C20H21NO4/c1-20(2,3)15-7-9-17(10-8-15)25-12-11-18(22)21-16-6-4-5-14(13-16)19(23)24/h4-13H,1-3H3,(H,21,22)(H,23,24). The zero-order valence-electron chi connectivity index (χ0n) is 14.4. The Morgan fingerprint density at radius 3 is 2.36 bits per heavy atom. The van der Waals surface area contributed by atoms with Crippen molar-refractivity contribution >= 4 is 17.6 Å². The van der Waals surface area contributed by atoms with Gasteiger partial charge in [-0.25, -0.2) is 4.79 Å². The molecular formula is C20H21NO4. The Balaban J connectivity index is 1.92. The highest BCUT2D eigenvalue weighted by atomic mass is 16.5. The summed E-state index contributed by atoms with van der Waals surface area (Å²) in [7, 11) is 0. The molecule has 0 fully saturated rings. The van der Waals surface area contributed by atoms with Gasteiger partial charge in [0.1, 0.15) is 5.75 Å². The van der Waals surface area contributed by atoms with Gasteiger partial charge in [-0.3, -0.25) is 4.79 Å². The van der Waals surface area contributed by atoms with Crippen molar-refractivity contribution in [2.75, 3.05) is 5.32 Å². The Kier molecular flexibility index (Phi) is 5.60. The molecule has 0 spiro atoms. The molecule has 0 aliphatic rings. The van der Waals surface area contributed by atoms with E-state index in [0.29, 0.717) is 11.4 Å². The average Bonchev–Trinajstić information content (AvgIpc) is 2.54. The van der Waals surface area contributed by atoms with Gasteiger partial charge in [0.05, 0.1) is 11.8 Å². The van der Waals surface area contributed by atoms with Crippen LogP contribution in [0.15, 0.2) is 60.9 Å². The van der Waals surface area contributed by atoms with Crippen molar-refractivity contribution in [1.29, 1.82) is 0 Å². The van der Waals surface area contributed by atoms with E-state index in [2.05, 4.69) is 26.1 Å². The van der Waals surface area contributed by atoms with Crippen LogP contribution in [0.1, 0.15) is 36.7 Å². The smallest absolute Gasteiger partial charge is 0.335 e. The van der Waals surface area contributed by atoms with E-state index in [4.69, 9.17) is 9.84 Å². The predicted molar refractivity (Wildman–Crippen MR) is 96.9 cm³/mol. The van der Waals surface area contributed by atoms with E-state index in [1.54, 1.807) is 12.1 Å². The minimum absolute atomic E-state index is 0.0682. The van der Waals surface area contributed by atoms with Gasteiger partial charge in [-0.2, -0.15) is 0 Å². The van der Waals surface area contributed by atoms with Gasteiger partial charge < -0.3 is 15.2 Å². The van der Waals surface area contributed by atoms with Gasteiger partial charge in [-0.15, -0.1) is 0 Å². The second kappa shape index (κ2) is 7.66. The molecule has 0 heterocycles. The Hall–Kier alpha value is -3.08. The zero-order valence-corrected chi connectivity index (χ0v) is 14.4. The fourth-order valence-corrected chi connectivity index (χ4v) is 2.12. The highest BCUT2D eigenvalue weighted by molar-refractivity contribution is 6.00. The summed E-state index contributed by atoms with van der Waals surface area (Å²) in [6.07, 6.45) is 2.54. The molecule has 0 radical (unpaired) electrons. The number of hydrogen-bond donors (Lipinski definition) is 2. The normalized spacial score (nSPS) is 11.3. The Labute approximate surface area is 146 Å². The number of rotatable bonds is 5. The van der Waals surface area contributed by atoms with Crippen molar-refractivity contribution in [2.45, 2.75) is 26.2 Å². The molecule has 130 valence electrons. The molecule has 0 atom stereocenters. The molecule has 0 saturated heterocycles. The first-order valence-corrected chi connectivity index (χ1v) is 7.84. The molecule has 1 amide bonds. The van der Waals surface area contributed by atoms with Crippen molar-refractivity contribution in [3.63, 3.8) is 0 Å². The number of ether oxygens (including phenoxy) is 1. The maximum atomic E-state index is 11.8. The van der Waals surface area contributed by atoms with Crippen molar-refractivity contribution in [1.82, 2.24) is 0 Å². The lowest BCUT2D eigenvalue weighted by Crippen LogP contribution is -2.10. The lowest BCUT2D eigenvalue weighted by atomic mass is 9.87. The maximum absolute atomic E-state index is 11.8. The van der Waals surface area contributed by atoms with Crippen molar-refractivity contribution in [2.24, 2.45) is 0 Å². The molecule has 2 rings (SSSR count). The van der Waals surface area contributed by atoms with Crippen LogP contribution in [-0.4, -0.2) is 17.0 Å². The number of nitrogens with one attached hydrogen (secondary N) is 1. The monoisotopic (exact) mass is 339 g/mol. The van der Waals surface area contributed by atoms with Gasteiger partial charge in [0, 0.05) is 11.8 Å². The number of aromatic carboxylic acids is 1. The van der Waals surface area contributed by atoms with Crippen LogP contribution < -0.4 is 10.1 Å². The highest BCUT2D eigenvalue weighted by Gasteiger charge is 2.12. The topological polar surface area (TPSA) is 75.6 Å². The van der Waals surface area contributed by atoms with Crippen LogP contribution in [0.3, 0.4) is 0 Å². The van der Waals surface area contributed by atoms with Crippen molar-refractivity contribution in [3.05, 3.63) is 72.0 Å². The van der Waals surface area contributed by atoms with Crippen molar-refractivity contribution in [3.8, 4) is 5.75 Å². The summed E-state index contributed by atoms with van der Waals surface area (Å²) >= 11 is 0. The molecule has 5 nitrogen and oxygen atoms in total. The van der Waals surface area contributed by atoms with Gasteiger partial charge >= 0.3 is 5.97 Å². The molecule has 5 heteroatoms. The number of amides is 1.